The van der Waals surface area contributed by atoms with Crippen molar-refractivity contribution in [2.45, 2.75) is 32.4 Å². The van der Waals surface area contributed by atoms with Crippen LogP contribution in [0.1, 0.15) is 24.6 Å². The number of benzene rings is 1. The molecule has 2 fully saturated rings. The number of rotatable bonds is 10. The first kappa shape index (κ1) is 27.5. The van der Waals surface area contributed by atoms with Crippen molar-refractivity contribution < 1.29 is 4.74 Å². The molecule has 3 aromatic heterocycles. The lowest BCUT2D eigenvalue weighted by Gasteiger charge is -2.36. The Bertz CT molecular complexity index is 1360. The van der Waals surface area contributed by atoms with Crippen LogP contribution in [0.2, 0.25) is 5.02 Å². The highest BCUT2D eigenvalue weighted by molar-refractivity contribution is 7.09. The van der Waals surface area contributed by atoms with Crippen LogP contribution in [0.5, 0.6) is 0 Å². The Balaban J connectivity index is 1.09. The summed E-state index contributed by atoms with van der Waals surface area (Å²) in [5, 5.41) is 6.50. The third-order valence-electron chi connectivity index (χ3n) is 8.00. The van der Waals surface area contributed by atoms with Gasteiger partial charge in [0, 0.05) is 81.1 Å². The summed E-state index contributed by atoms with van der Waals surface area (Å²) in [6.07, 6.45) is 3.86. The number of pyridine rings is 1. The number of H-pyrrole nitrogens is 1. The largest absolute Gasteiger partial charge is 0.380 e. The number of nitrogens with zero attached hydrogens (tertiary/aromatic N) is 5. The number of aromatic nitrogens is 3. The fourth-order valence-corrected chi connectivity index (χ4v) is 6.62. The first-order valence-electron chi connectivity index (χ1n) is 14.4. The van der Waals surface area contributed by atoms with Crippen molar-refractivity contribution in [3.05, 3.63) is 57.9 Å². The van der Waals surface area contributed by atoms with Crippen molar-refractivity contribution in [2.24, 2.45) is 0 Å². The Kier molecular flexibility index (Phi) is 8.84. The van der Waals surface area contributed by atoms with E-state index in [2.05, 4.69) is 71.8 Å². The van der Waals surface area contributed by atoms with E-state index in [1.807, 2.05) is 18.3 Å². The van der Waals surface area contributed by atoms with Gasteiger partial charge in [0.15, 0.2) is 5.65 Å². The van der Waals surface area contributed by atoms with Crippen molar-refractivity contribution in [3.63, 3.8) is 0 Å². The van der Waals surface area contributed by atoms with E-state index in [4.69, 9.17) is 21.3 Å². The molecule has 8 nitrogen and oxygen atoms in total. The molecule has 0 bridgehead atoms. The van der Waals surface area contributed by atoms with E-state index in [1.165, 1.54) is 10.6 Å². The van der Waals surface area contributed by atoms with Crippen molar-refractivity contribution in [2.75, 3.05) is 69.2 Å². The quantitative estimate of drug-likeness (QED) is 0.238. The van der Waals surface area contributed by atoms with Crippen molar-refractivity contribution >= 4 is 45.5 Å². The molecule has 0 radical (unpaired) electrons. The molecule has 5 heterocycles. The minimum Gasteiger partial charge on any atom is -0.380 e. The third kappa shape index (κ3) is 6.44. The van der Waals surface area contributed by atoms with Crippen molar-refractivity contribution in [3.8, 4) is 11.4 Å². The first-order chi connectivity index (χ1) is 19.7. The van der Waals surface area contributed by atoms with Gasteiger partial charge < -0.3 is 19.9 Å². The molecule has 2 N–H and O–H groups in total. The van der Waals surface area contributed by atoms with Crippen LogP contribution in [0.3, 0.4) is 0 Å². The molecule has 2 aliphatic heterocycles. The highest BCUT2D eigenvalue weighted by atomic mass is 35.5. The summed E-state index contributed by atoms with van der Waals surface area (Å²) in [7, 11) is 0. The number of ether oxygens (including phenoxy) is 1. The molecular formula is C30H38ClN7OS. The number of hydrogen-bond acceptors (Lipinski definition) is 8. The lowest BCUT2D eigenvalue weighted by atomic mass is 10.0. The molecule has 212 valence electrons. The summed E-state index contributed by atoms with van der Waals surface area (Å²) >= 11 is 8.49. The second-order valence-corrected chi connectivity index (χ2v) is 12.1. The van der Waals surface area contributed by atoms with Crippen LogP contribution in [0.4, 0.5) is 11.4 Å². The molecule has 10 heteroatoms. The topological polar surface area (TPSA) is 72.6 Å². The number of imidazole rings is 1. The number of anilines is 2. The molecule has 2 saturated heterocycles. The van der Waals surface area contributed by atoms with E-state index in [0.717, 1.165) is 101 Å². The van der Waals surface area contributed by atoms with Crippen LogP contribution in [0, 0.1) is 0 Å². The standard InChI is InChI=1S/C30H38ClN7OS/c1-2-39-18-17-36-13-15-38(16-14-36)24-7-5-22(6-8-24)29-34-28-27(26(31)20-32-30(28)35-29)33-23-9-11-37(12-10-23)21-25-4-3-19-40-25/h3-8,19-20,23H,2,9-18,21H2,1H3,(H2,32,33,34,35). The minimum absolute atomic E-state index is 0.369. The first-order valence-corrected chi connectivity index (χ1v) is 15.6. The minimum atomic E-state index is 0.369. The van der Waals surface area contributed by atoms with Crippen LogP contribution in [0.15, 0.2) is 48.0 Å². The fraction of sp³-hybridized carbons (Fsp3) is 0.467. The summed E-state index contributed by atoms with van der Waals surface area (Å²) < 4.78 is 5.51. The number of thiophene rings is 1. The van der Waals surface area contributed by atoms with Gasteiger partial charge in [0.2, 0.25) is 0 Å². The number of likely N-dealkylation sites (tertiary alicyclic amines) is 1. The van der Waals surface area contributed by atoms with Gasteiger partial charge in [-0.1, -0.05) is 17.7 Å². The molecule has 6 rings (SSSR count). The van der Waals surface area contributed by atoms with Gasteiger partial charge in [0.25, 0.3) is 0 Å². The van der Waals surface area contributed by atoms with E-state index in [9.17, 15) is 0 Å². The fourth-order valence-electron chi connectivity index (χ4n) is 5.67. The maximum absolute atomic E-state index is 6.66. The Morgan fingerprint density at radius 1 is 1.05 bits per heavy atom. The molecule has 0 atom stereocenters. The zero-order chi connectivity index (χ0) is 27.3. The highest BCUT2D eigenvalue weighted by Crippen LogP contribution is 2.33. The Morgan fingerprint density at radius 3 is 2.58 bits per heavy atom. The van der Waals surface area contributed by atoms with Crippen LogP contribution >= 0.6 is 22.9 Å². The molecule has 0 saturated carbocycles. The van der Waals surface area contributed by atoms with Crippen LogP contribution in [-0.2, 0) is 11.3 Å². The second kappa shape index (κ2) is 12.9. The number of hydrogen-bond donors (Lipinski definition) is 2. The van der Waals surface area contributed by atoms with E-state index >= 15 is 0 Å². The average Bonchev–Trinajstić information content (AvgIpc) is 3.67. The molecule has 4 aromatic rings. The van der Waals surface area contributed by atoms with E-state index in [0.29, 0.717) is 16.7 Å². The summed E-state index contributed by atoms with van der Waals surface area (Å²) in [5.41, 5.74) is 4.75. The van der Waals surface area contributed by atoms with E-state index in [1.54, 1.807) is 6.20 Å². The van der Waals surface area contributed by atoms with Gasteiger partial charge in [-0.05, 0) is 55.5 Å². The van der Waals surface area contributed by atoms with Gasteiger partial charge in [0.05, 0.1) is 23.5 Å². The van der Waals surface area contributed by atoms with Gasteiger partial charge >= 0.3 is 0 Å². The lowest BCUT2D eigenvalue weighted by molar-refractivity contribution is 0.111. The lowest BCUT2D eigenvalue weighted by Crippen LogP contribution is -2.47. The van der Waals surface area contributed by atoms with Gasteiger partial charge in [0.1, 0.15) is 11.3 Å². The second-order valence-electron chi connectivity index (χ2n) is 10.6. The predicted molar refractivity (Wildman–Crippen MR) is 166 cm³/mol. The maximum atomic E-state index is 6.66. The van der Waals surface area contributed by atoms with E-state index < -0.39 is 0 Å². The third-order valence-corrected chi connectivity index (χ3v) is 9.15. The number of piperidine rings is 1. The normalized spacial score (nSPS) is 17.6. The molecular weight excluding hydrogens is 542 g/mol. The zero-order valence-electron chi connectivity index (χ0n) is 23.1. The number of piperazine rings is 1. The van der Waals surface area contributed by atoms with Crippen LogP contribution in [0.25, 0.3) is 22.6 Å². The van der Waals surface area contributed by atoms with Crippen molar-refractivity contribution in [1.29, 1.82) is 0 Å². The van der Waals surface area contributed by atoms with Gasteiger partial charge in [-0.3, -0.25) is 9.80 Å². The number of fused-ring (bicyclic) bond motifs is 1. The Morgan fingerprint density at radius 2 is 1.85 bits per heavy atom. The number of halogens is 1. The summed E-state index contributed by atoms with van der Waals surface area (Å²) in [4.78, 5) is 21.7. The molecule has 1 aromatic carbocycles. The summed E-state index contributed by atoms with van der Waals surface area (Å²) in [6.45, 7) is 12.0. The SMILES string of the molecule is CCOCCN1CCN(c2ccc(-c3nc4ncc(Cl)c(NC5CCN(Cc6cccs6)CC5)c4[nH]3)cc2)CC1. The average molecular weight is 580 g/mol. The Labute approximate surface area is 245 Å². The van der Waals surface area contributed by atoms with Crippen LogP contribution in [-0.4, -0.2) is 89.8 Å². The van der Waals surface area contributed by atoms with Gasteiger partial charge in [-0.15, -0.1) is 11.3 Å². The van der Waals surface area contributed by atoms with Gasteiger partial charge in [-0.25, -0.2) is 9.97 Å². The highest BCUT2D eigenvalue weighted by Gasteiger charge is 2.22. The molecule has 0 unspecified atom stereocenters. The van der Waals surface area contributed by atoms with Crippen LogP contribution < -0.4 is 10.2 Å². The molecule has 0 aliphatic carbocycles. The molecule has 40 heavy (non-hydrogen) atoms. The number of nitrogens with one attached hydrogen (secondary N) is 2. The Hall–Kier alpha value is -2.69. The molecule has 0 amide bonds. The summed E-state index contributed by atoms with van der Waals surface area (Å²) in [6, 6.07) is 13.4. The zero-order valence-corrected chi connectivity index (χ0v) is 24.7. The summed E-state index contributed by atoms with van der Waals surface area (Å²) in [5.74, 6) is 0.811. The van der Waals surface area contributed by atoms with E-state index in [-0.39, 0.29) is 0 Å². The number of aromatic amines is 1. The monoisotopic (exact) mass is 579 g/mol. The van der Waals surface area contributed by atoms with Gasteiger partial charge in [-0.2, -0.15) is 0 Å². The maximum Gasteiger partial charge on any atom is 0.180 e. The predicted octanol–water partition coefficient (Wildman–Crippen LogP) is 5.57. The smallest absolute Gasteiger partial charge is 0.180 e. The van der Waals surface area contributed by atoms with Crippen molar-refractivity contribution in [1.82, 2.24) is 24.8 Å². The molecule has 0 spiro atoms. The molecule has 2 aliphatic rings.